The van der Waals surface area contributed by atoms with Crippen molar-refractivity contribution in [2.24, 2.45) is 0 Å². The minimum absolute atomic E-state index is 0.250. The standard InChI is InChI=1S/C5H5Cl2/c1-2-3-4-5(6)7/h2-4H,1H2. The molecule has 0 heterocycles. The molecule has 0 unspecified atom stereocenters. The molecule has 0 N–H and O–H groups in total. The normalized spacial score (nSPS) is 10.7. The van der Waals surface area contributed by atoms with Crippen molar-refractivity contribution < 1.29 is 0 Å². The van der Waals surface area contributed by atoms with E-state index in [0.717, 1.165) is 0 Å². The first kappa shape index (κ1) is 7.06. The molecule has 0 aliphatic rings. The average Bonchev–Trinajstić information content (AvgIpc) is 1.61. The Kier molecular flexibility index (Phi) is 4.26. The van der Waals surface area contributed by atoms with Crippen LogP contribution in [0, 0.1) is 4.84 Å². The summed E-state index contributed by atoms with van der Waals surface area (Å²) in [5.74, 6) is 0. The van der Waals surface area contributed by atoms with E-state index in [2.05, 4.69) is 6.58 Å². The molecule has 0 aliphatic heterocycles. The van der Waals surface area contributed by atoms with E-state index in [1.807, 2.05) is 0 Å². The molecule has 0 atom stereocenters. The van der Waals surface area contributed by atoms with E-state index in [9.17, 15) is 0 Å². The van der Waals surface area contributed by atoms with Crippen molar-refractivity contribution in [3.05, 3.63) is 29.6 Å². The Labute approximate surface area is 53.4 Å². The zero-order chi connectivity index (χ0) is 5.70. The molecule has 0 aliphatic carbocycles. The van der Waals surface area contributed by atoms with Crippen LogP contribution < -0.4 is 0 Å². The molecule has 39 valence electrons. The van der Waals surface area contributed by atoms with Crippen LogP contribution in [0.2, 0.25) is 0 Å². The fourth-order valence-corrected chi connectivity index (χ4v) is 0.286. The summed E-state index contributed by atoms with van der Waals surface area (Å²) in [6.45, 7) is 3.42. The highest BCUT2D eigenvalue weighted by atomic mass is 35.5. The molecule has 0 aromatic heterocycles. The van der Waals surface area contributed by atoms with E-state index in [0.29, 0.717) is 0 Å². The van der Waals surface area contributed by atoms with Crippen LogP contribution in [-0.4, -0.2) is 0 Å². The summed E-state index contributed by atoms with van der Waals surface area (Å²) in [5, 5.41) is 0. The Morgan fingerprint density at radius 3 is 2.14 bits per heavy atom. The van der Waals surface area contributed by atoms with Crippen molar-refractivity contribution in [2.75, 3.05) is 0 Å². The van der Waals surface area contributed by atoms with E-state index in [-0.39, 0.29) is 4.84 Å². The summed E-state index contributed by atoms with van der Waals surface area (Å²) in [5.41, 5.74) is 0. The van der Waals surface area contributed by atoms with Crippen molar-refractivity contribution in [1.82, 2.24) is 0 Å². The molecular formula is C5H5Cl2. The summed E-state index contributed by atoms with van der Waals surface area (Å²) < 4.78 is 0. The molecule has 0 aromatic rings. The van der Waals surface area contributed by atoms with Gasteiger partial charge in [-0.1, -0.05) is 41.9 Å². The molecule has 0 bridgehead atoms. The quantitative estimate of drug-likeness (QED) is 0.512. The number of halogens is 2. The molecule has 0 rings (SSSR count). The predicted octanol–water partition coefficient (Wildman–Crippen LogP) is 2.70. The van der Waals surface area contributed by atoms with Crippen molar-refractivity contribution >= 4 is 23.2 Å². The highest BCUT2D eigenvalue weighted by Crippen LogP contribution is 2.12. The van der Waals surface area contributed by atoms with Crippen molar-refractivity contribution in [3.63, 3.8) is 0 Å². The van der Waals surface area contributed by atoms with Crippen LogP contribution in [-0.2, 0) is 0 Å². The van der Waals surface area contributed by atoms with E-state index < -0.39 is 0 Å². The SMILES string of the molecule is C=CC=C[C](Cl)Cl. The lowest BCUT2D eigenvalue weighted by molar-refractivity contribution is 1.85. The van der Waals surface area contributed by atoms with E-state index in [4.69, 9.17) is 23.2 Å². The first-order chi connectivity index (χ1) is 3.27. The minimum atomic E-state index is 0.250. The van der Waals surface area contributed by atoms with Crippen LogP contribution in [0.1, 0.15) is 0 Å². The van der Waals surface area contributed by atoms with Gasteiger partial charge in [0.2, 0.25) is 0 Å². The van der Waals surface area contributed by atoms with Gasteiger partial charge in [-0.05, 0) is 6.08 Å². The third kappa shape index (κ3) is 6.06. The van der Waals surface area contributed by atoms with Crippen LogP contribution in [0.3, 0.4) is 0 Å². The van der Waals surface area contributed by atoms with E-state index in [1.54, 1.807) is 18.2 Å². The molecule has 7 heavy (non-hydrogen) atoms. The van der Waals surface area contributed by atoms with Crippen LogP contribution in [0.25, 0.3) is 0 Å². The highest BCUT2D eigenvalue weighted by molar-refractivity contribution is 6.54. The van der Waals surface area contributed by atoms with Gasteiger partial charge in [0.15, 0.2) is 4.84 Å². The molecule has 0 nitrogen and oxygen atoms in total. The molecule has 0 fully saturated rings. The second kappa shape index (κ2) is 4.23. The van der Waals surface area contributed by atoms with Gasteiger partial charge in [-0.3, -0.25) is 0 Å². The monoisotopic (exact) mass is 135 g/mol. The molecular weight excluding hydrogens is 131 g/mol. The van der Waals surface area contributed by atoms with Gasteiger partial charge in [-0.2, -0.15) is 0 Å². The van der Waals surface area contributed by atoms with Crippen molar-refractivity contribution in [1.29, 1.82) is 0 Å². The lowest BCUT2D eigenvalue weighted by Crippen LogP contribution is -1.59. The average molecular weight is 136 g/mol. The minimum Gasteiger partial charge on any atom is -0.0991 e. The maximum atomic E-state index is 5.20. The Morgan fingerprint density at radius 1 is 1.43 bits per heavy atom. The Bertz CT molecular complexity index is 74.1. The van der Waals surface area contributed by atoms with Crippen LogP contribution in [0.4, 0.5) is 0 Å². The molecule has 1 radical (unpaired) electrons. The summed E-state index contributed by atoms with van der Waals surface area (Å²) in [6.07, 6.45) is 4.82. The zero-order valence-electron chi connectivity index (χ0n) is 3.70. The second-order valence-electron chi connectivity index (χ2n) is 0.884. The molecule has 0 amide bonds. The van der Waals surface area contributed by atoms with Gasteiger partial charge in [0.1, 0.15) is 0 Å². The third-order valence-electron chi connectivity index (χ3n) is 0.358. The molecule has 0 spiro atoms. The zero-order valence-corrected chi connectivity index (χ0v) is 5.21. The Balaban J connectivity index is 3.25. The summed E-state index contributed by atoms with van der Waals surface area (Å²) in [7, 11) is 0. The summed E-state index contributed by atoms with van der Waals surface area (Å²) in [6, 6.07) is 0. The first-order valence-corrected chi connectivity index (χ1v) is 2.50. The predicted molar refractivity (Wildman–Crippen MR) is 34.3 cm³/mol. The van der Waals surface area contributed by atoms with Crippen molar-refractivity contribution in [3.8, 4) is 0 Å². The van der Waals surface area contributed by atoms with Crippen molar-refractivity contribution in [2.45, 2.75) is 0 Å². The number of rotatable bonds is 2. The maximum Gasteiger partial charge on any atom is 0.172 e. The molecule has 0 aromatic carbocycles. The second-order valence-corrected chi connectivity index (χ2v) is 1.89. The van der Waals surface area contributed by atoms with Crippen LogP contribution >= 0.6 is 23.2 Å². The Morgan fingerprint density at radius 2 is 2.00 bits per heavy atom. The van der Waals surface area contributed by atoms with Gasteiger partial charge in [0.05, 0.1) is 0 Å². The topological polar surface area (TPSA) is 0 Å². The summed E-state index contributed by atoms with van der Waals surface area (Å²) >= 11 is 10.4. The fraction of sp³-hybridized carbons (Fsp3) is 0. The first-order valence-electron chi connectivity index (χ1n) is 1.74. The fourth-order valence-electron chi connectivity index (χ4n) is 0.141. The summed E-state index contributed by atoms with van der Waals surface area (Å²) in [4.78, 5) is 0.250. The van der Waals surface area contributed by atoms with Gasteiger partial charge in [0, 0.05) is 0 Å². The maximum absolute atomic E-state index is 5.20. The van der Waals surface area contributed by atoms with Gasteiger partial charge >= 0.3 is 0 Å². The molecule has 0 saturated carbocycles. The number of allylic oxidation sites excluding steroid dienone is 3. The van der Waals surface area contributed by atoms with Crippen LogP contribution in [0.15, 0.2) is 24.8 Å². The lowest BCUT2D eigenvalue weighted by atomic mass is 10.5. The van der Waals surface area contributed by atoms with Gasteiger partial charge in [-0.25, -0.2) is 0 Å². The number of hydrogen-bond donors (Lipinski definition) is 0. The largest absolute Gasteiger partial charge is 0.172 e. The van der Waals surface area contributed by atoms with Crippen LogP contribution in [0.5, 0.6) is 0 Å². The smallest absolute Gasteiger partial charge is 0.0991 e. The van der Waals surface area contributed by atoms with Gasteiger partial charge < -0.3 is 0 Å². The van der Waals surface area contributed by atoms with E-state index in [1.165, 1.54) is 0 Å². The Hall–Kier alpha value is 0.0600. The third-order valence-corrected chi connectivity index (χ3v) is 0.610. The van der Waals surface area contributed by atoms with Gasteiger partial charge in [0.25, 0.3) is 0 Å². The van der Waals surface area contributed by atoms with E-state index >= 15 is 0 Å². The number of hydrogen-bond acceptors (Lipinski definition) is 0. The lowest BCUT2D eigenvalue weighted by Gasteiger charge is -1.79. The highest BCUT2D eigenvalue weighted by Gasteiger charge is 1.86. The molecule has 2 heteroatoms. The van der Waals surface area contributed by atoms with Gasteiger partial charge in [-0.15, -0.1) is 0 Å². The molecule has 0 saturated heterocycles.